The standard InChI is InChI=1S/C30H34F2N8OS/c1-5-22(31)13-21(14-33)20(3)26-19-42-30(35-26)36(4)29-25(6-2)34-27-8-7-24(17-40(27)29)38-11-9-37(10-12-38)18-28(41)39-15-23(32)16-39/h5,7-8,13,17,19,23H,3,6,9-12,15-16,18H2,1-2,4H3/b21-13-,22-5+. The SMILES string of the molecule is C=C(/C(C#N)=C\C(F)=C/C)c1csc(N(C)c2c(CC)nc3ccc(N4CCN(CC(=O)N5CC(F)C5)CC4)cn23)n1. The minimum atomic E-state index is -0.883. The number of fused-ring (bicyclic) bond motifs is 1. The van der Waals surface area contributed by atoms with Crippen LogP contribution in [-0.2, 0) is 11.2 Å². The van der Waals surface area contributed by atoms with Gasteiger partial charge in [0.1, 0.15) is 23.5 Å². The van der Waals surface area contributed by atoms with Gasteiger partial charge in [0.15, 0.2) is 5.13 Å². The van der Waals surface area contributed by atoms with Crippen LogP contribution in [0.1, 0.15) is 25.2 Å². The molecule has 3 aromatic rings. The third kappa shape index (κ3) is 5.93. The highest BCUT2D eigenvalue weighted by Gasteiger charge is 2.31. The molecule has 5 heterocycles. The molecule has 0 aliphatic carbocycles. The van der Waals surface area contributed by atoms with E-state index in [1.807, 2.05) is 29.5 Å². The van der Waals surface area contributed by atoms with Gasteiger partial charge in [-0.3, -0.25) is 14.1 Å². The van der Waals surface area contributed by atoms with E-state index in [0.717, 1.165) is 61.5 Å². The van der Waals surface area contributed by atoms with Crippen LogP contribution >= 0.6 is 11.3 Å². The maximum absolute atomic E-state index is 13.8. The largest absolute Gasteiger partial charge is 0.368 e. The number of carbonyl (C=O) groups is 1. The minimum absolute atomic E-state index is 0.00397. The summed E-state index contributed by atoms with van der Waals surface area (Å²) in [5, 5.41) is 12.0. The molecule has 0 spiro atoms. The van der Waals surface area contributed by atoms with Crippen LogP contribution in [0.15, 0.2) is 53.8 Å². The van der Waals surface area contributed by atoms with Gasteiger partial charge in [0.05, 0.1) is 48.4 Å². The van der Waals surface area contributed by atoms with Gasteiger partial charge in [-0.15, -0.1) is 11.3 Å². The Morgan fingerprint density at radius 1 is 1.26 bits per heavy atom. The summed E-state index contributed by atoms with van der Waals surface area (Å²) in [6.07, 6.45) is 4.37. The van der Waals surface area contributed by atoms with Crippen molar-refractivity contribution < 1.29 is 13.6 Å². The number of thiazole rings is 1. The topological polar surface area (TPSA) is 84.0 Å². The van der Waals surface area contributed by atoms with Crippen LogP contribution < -0.4 is 9.80 Å². The van der Waals surface area contributed by atoms with Crippen molar-refractivity contribution >= 4 is 45.1 Å². The van der Waals surface area contributed by atoms with Crippen molar-refractivity contribution in [3.8, 4) is 6.07 Å². The first-order chi connectivity index (χ1) is 20.2. The molecule has 0 N–H and O–H groups in total. The monoisotopic (exact) mass is 592 g/mol. The molecule has 9 nitrogen and oxygen atoms in total. The normalized spacial score (nSPS) is 17.0. The molecule has 1 amide bonds. The molecule has 3 aromatic heterocycles. The fraction of sp³-hybridized carbons (Fsp3) is 0.400. The molecular weight excluding hydrogens is 558 g/mol. The van der Waals surface area contributed by atoms with E-state index in [9.17, 15) is 18.8 Å². The van der Waals surface area contributed by atoms with Crippen molar-refractivity contribution in [2.75, 3.05) is 62.7 Å². The lowest BCUT2D eigenvalue weighted by Gasteiger charge is -2.39. The lowest BCUT2D eigenvalue weighted by molar-refractivity contribution is -0.139. The highest BCUT2D eigenvalue weighted by Crippen LogP contribution is 2.34. The van der Waals surface area contributed by atoms with Crippen LogP contribution in [0.25, 0.3) is 11.2 Å². The lowest BCUT2D eigenvalue weighted by Crippen LogP contribution is -2.56. The van der Waals surface area contributed by atoms with Gasteiger partial charge in [-0.2, -0.15) is 5.26 Å². The predicted molar refractivity (Wildman–Crippen MR) is 162 cm³/mol. The molecule has 2 fully saturated rings. The average molecular weight is 593 g/mol. The number of hydrogen-bond acceptors (Lipinski definition) is 8. The van der Waals surface area contributed by atoms with E-state index in [2.05, 4.69) is 40.0 Å². The van der Waals surface area contributed by atoms with Gasteiger partial charge in [-0.05, 0) is 31.6 Å². The Morgan fingerprint density at radius 3 is 2.64 bits per heavy atom. The number of anilines is 3. The van der Waals surface area contributed by atoms with Crippen molar-refractivity contribution in [2.24, 2.45) is 0 Å². The molecule has 12 heteroatoms. The van der Waals surface area contributed by atoms with Crippen LogP contribution in [0.5, 0.6) is 0 Å². The second kappa shape index (κ2) is 12.4. The van der Waals surface area contributed by atoms with E-state index in [0.29, 0.717) is 22.9 Å². The van der Waals surface area contributed by atoms with Crippen LogP contribution in [0, 0.1) is 11.3 Å². The third-order valence-electron chi connectivity index (χ3n) is 7.68. The number of piperazine rings is 1. The summed E-state index contributed by atoms with van der Waals surface area (Å²) >= 11 is 1.41. The molecule has 5 rings (SSSR count). The Hall–Kier alpha value is -4.08. The van der Waals surface area contributed by atoms with Crippen LogP contribution in [0.4, 0.5) is 25.4 Å². The molecular formula is C30H34F2N8OS. The first-order valence-electron chi connectivity index (χ1n) is 13.9. The molecule has 0 radical (unpaired) electrons. The second-order valence-electron chi connectivity index (χ2n) is 10.4. The number of likely N-dealkylation sites (tertiary alicyclic amines) is 1. The van der Waals surface area contributed by atoms with Gasteiger partial charge < -0.3 is 14.7 Å². The van der Waals surface area contributed by atoms with Crippen molar-refractivity contribution in [1.29, 1.82) is 5.26 Å². The first kappa shape index (κ1) is 29.4. The molecule has 220 valence electrons. The average Bonchev–Trinajstić information content (AvgIpc) is 3.63. The summed E-state index contributed by atoms with van der Waals surface area (Å²) in [6, 6.07) is 6.09. The number of nitrogens with zero attached hydrogens (tertiary/aromatic N) is 8. The molecule has 0 bridgehead atoms. The van der Waals surface area contributed by atoms with Crippen molar-refractivity contribution in [3.63, 3.8) is 0 Å². The lowest BCUT2D eigenvalue weighted by atomic mass is 10.1. The number of pyridine rings is 1. The predicted octanol–water partition coefficient (Wildman–Crippen LogP) is 4.76. The van der Waals surface area contributed by atoms with Gasteiger partial charge in [-0.1, -0.05) is 19.6 Å². The molecule has 42 heavy (non-hydrogen) atoms. The van der Waals surface area contributed by atoms with E-state index in [4.69, 9.17) is 9.97 Å². The van der Waals surface area contributed by atoms with Crippen LogP contribution in [0.3, 0.4) is 0 Å². The van der Waals surface area contributed by atoms with Gasteiger partial charge in [-0.25, -0.2) is 18.7 Å². The van der Waals surface area contributed by atoms with Crippen molar-refractivity contribution in [2.45, 2.75) is 26.4 Å². The number of alkyl halides is 1. The van der Waals surface area contributed by atoms with E-state index in [1.165, 1.54) is 17.4 Å². The molecule has 2 saturated heterocycles. The second-order valence-corrected chi connectivity index (χ2v) is 11.2. The van der Waals surface area contributed by atoms with Gasteiger partial charge >= 0.3 is 0 Å². The smallest absolute Gasteiger partial charge is 0.236 e. The molecule has 0 aromatic carbocycles. The zero-order valence-electron chi connectivity index (χ0n) is 24.1. The quantitative estimate of drug-likeness (QED) is 0.262. The fourth-order valence-corrected chi connectivity index (χ4v) is 5.93. The summed E-state index contributed by atoms with van der Waals surface area (Å²) < 4.78 is 29.0. The summed E-state index contributed by atoms with van der Waals surface area (Å²) in [4.78, 5) is 29.9. The van der Waals surface area contributed by atoms with E-state index < -0.39 is 12.0 Å². The molecule has 0 unspecified atom stereocenters. The third-order valence-corrected chi connectivity index (χ3v) is 8.59. The van der Waals surface area contributed by atoms with Gasteiger partial charge in [0, 0.05) is 50.4 Å². The van der Waals surface area contributed by atoms with Crippen LogP contribution in [0.2, 0.25) is 0 Å². The molecule has 2 aliphatic rings. The Labute approximate surface area is 248 Å². The number of imidazole rings is 1. The number of halogens is 2. The van der Waals surface area contributed by atoms with Gasteiger partial charge in [0.25, 0.3) is 0 Å². The van der Waals surface area contributed by atoms with Crippen molar-refractivity contribution in [3.05, 3.63) is 65.2 Å². The first-order valence-corrected chi connectivity index (χ1v) is 14.8. The molecule has 2 aliphatic heterocycles. The van der Waals surface area contributed by atoms with E-state index >= 15 is 0 Å². The summed E-state index contributed by atoms with van der Waals surface area (Å²) in [7, 11) is 1.93. The maximum atomic E-state index is 13.8. The summed E-state index contributed by atoms with van der Waals surface area (Å²) in [5.41, 5.74) is 3.79. The number of hydrogen-bond donors (Lipinski definition) is 0. The number of aromatic nitrogens is 3. The zero-order valence-corrected chi connectivity index (χ0v) is 24.9. The highest BCUT2D eigenvalue weighted by atomic mass is 32.1. The fourth-order valence-electron chi connectivity index (χ4n) is 5.13. The van der Waals surface area contributed by atoms with Crippen LogP contribution in [-0.4, -0.2) is 89.1 Å². The number of allylic oxidation sites excluding steroid dienone is 5. The Kier molecular flexibility index (Phi) is 8.70. The van der Waals surface area contributed by atoms with Gasteiger partial charge in [0.2, 0.25) is 5.91 Å². The number of rotatable bonds is 9. The maximum Gasteiger partial charge on any atom is 0.236 e. The number of carbonyl (C=O) groups excluding carboxylic acids is 1. The number of nitriles is 1. The molecule has 0 atom stereocenters. The minimum Gasteiger partial charge on any atom is -0.368 e. The summed E-state index contributed by atoms with van der Waals surface area (Å²) in [6.45, 7) is 11.4. The van der Waals surface area contributed by atoms with E-state index in [-0.39, 0.29) is 24.6 Å². The Balaban J connectivity index is 1.33. The number of amides is 1. The van der Waals surface area contributed by atoms with E-state index in [1.54, 1.807) is 11.8 Å². The zero-order chi connectivity index (χ0) is 30.0. The number of aryl methyl sites for hydroxylation is 1. The highest BCUT2D eigenvalue weighted by molar-refractivity contribution is 7.14. The van der Waals surface area contributed by atoms with Crippen molar-refractivity contribution in [1.82, 2.24) is 24.2 Å². The Bertz CT molecular complexity index is 1590. The summed E-state index contributed by atoms with van der Waals surface area (Å²) in [5.74, 6) is 0.379. The Morgan fingerprint density at radius 2 is 2.00 bits per heavy atom. The molecule has 0 saturated carbocycles.